The number of allylic oxidation sites excluding steroid dienone is 5. The summed E-state index contributed by atoms with van der Waals surface area (Å²) in [6.07, 6.45) is 27.5. The van der Waals surface area contributed by atoms with Crippen molar-refractivity contribution < 1.29 is 39.8 Å². The Kier molecular flexibility index (Phi) is 28.0. The van der Waals surface area contributed by atoms with Crippen LogP contribution in [0.1, 0.15) is 149 Å². The number of ether oxygens (including phenoxy) is 2. The Labute approximate surface area is 291 Å². The summed E-state index contributed by atoms with van der Waals surface area (Å²) < 4.78 is 11.1. The van der Waals surface area contributed by atoms with Crippen LogP contribution in [0.5, 0.6) is 0 Å². The average molecular weight is 682 g/mol. The molecule has 0 aliphatic carbocycles. The largest absolute Gasteiger partial charge is 0.394 e. The lowest BCUT2D eigenvalue weighted by Gasteiger charge is -2.40. The number of unbranched alkanes of at least 4 members (excludes halogenated alkanes) is 17. The lowest BCUT2D eigenvalue weighted by molar-refractivity contribution is -0.302. The second-order valence-corrected chi connectivity index (χ2v) is 13.4. The van der Waals surface area contributed by atoms with Crippen LogP contribution < -0.4 is 5.32 Å². The number of aliphatic hydroxyl groups is 5. The Morgan fingerprint density at radius 1 is 0.708 bits per heavy atom. The summed E-state index contributed by atoms with van der Waals surface area (Å²) in [7, 11) is 0. The molecule has 0 bridgehead atoms. The van der Waals surface area contributed by atoms with Crippen molar-refractivity contribution in [2.45, 2.75) is 192 Å². The lowest BCUT2D eigenvalue weighted by Crippen LogP contribution is -2.60. The van der Waals surface area contributed by atoms with Gasteiger partial charge in [-0.15, -0.1) is 0 Å². The quantitative estimate of drug-likeness (QED) is 0.0284. The van der Waals surface area contributed by atoms with E-state index in [1.165, 1.54) is 70.6 Å². The van der Waals surface area contributed by atoms with Gasteiger partial charge in [0.05, 0.1) is 25.4 Å². The molecule has 1 saturated heterocycles. The molecule has 7 atom stereocenters. The van der Waals surface area contributed by atoms with Gasteiger partial charge in [-0.3, -0.25) is 4.79 Å². The molecule has 1 heterocycles. The maximum absolute atomic E-state index is 12.8. The van der Waals surface area contributed by atoms with E-state index in [0.29, 0.717) is 6.42 Å². The molecule has 48 heavy (non-hydrogen) atoms. The second kappa shape index (κ2) is 30.3. The number of rotatable bonds is 30. The van der Waals surface area contributed by atoms with Gasteiger partial charge in [-0.05, 0) is 44.9 Å². The van der Waals surface area contributed by atoms with Crippen molar-refractivity contribution >= 4 is 5.91 Å². The van der Waals surface area contributed by atoms with E-state index >= 15 is 0 Å². The van der Waals surface area contributed by atoms with Gasteiger partial charge in [0, 0.05) is 6.42 Å². The smallest absolute Gasteiger partial charge is 0.220 e. The van der Waals surface area contributed by atoms with E-state index in [2.05, 4.69) is 43.5 Å². The number of carbonyl (C=O) groups excluding carboxylic acids is 1. The molecule has 0 aromatic carbocycles. The maximum atomic E-state index is 12.8. The van der Waals surface area contributed by atoms with Crippen molar-refractivity contribution in [3.63, 3.8) is 0 Å². The van der Waals surface area contributed by atoms with Gasteiger partial charge in [-0.2, -0.15) is 0 Å². The first kappa shape index (κ1) is 44.4. The minimum Gasteiger partial charge on any atom is -0.394 e. The molecule has 0 saturated carbocycles. The summed E-state index contributed by atoms with van der Waals surface area (Å²) in [6, 6.07) is -0.807. The van der Waals surface area contributed by atoms with Crippen molar-refractivity contribution in [3.05, 3.63) is 36.5 Å². The summed E-state index contributed by atoms with van der Waals surface area (Å²) in [4.78, 5) is 12.8. The highest BCUT2D eigenvalue weighted by molar-refractivity contribution is 5.76. The van der Waals surface area contributed by atoms with Crippen LogP contribution in [0, 0.1) is 0 Å². The van der Waals surface area contributed by atoms with Crippen LogP contribution in [0.3, 0.4) is 0 Å². The molecule has 6 N–H and O–H groups in total. The molecule has 1 rings (SSSR count). The van der Waals surface area contributed by atoms with Crippen LogP contribution in [-0.2, 0) is 14.3 Å². The zero-order valence-electron chi connectivity index (χ0n) is 30.2. The molecule has 7 unspecified atom stereocenters. The van der Waals surface area contributed by atoms with E-state index in [-0.39, 0.29) is 12.5 Å². The summed E-state index contributed by atoms with van der Waals surface area (Å²) >= 11 is 0. The predicted molar refractivity (Wildman–Crippen MR) is 193 cm³/mol. The number of amides is 1. The first-order chi connectivity index (χ1) is 23.3. The third kappa shape index (κ3) is 21.5. The topological polar surface area (TPSA) is 149 Å². The third-order valence-corrected chi connectivity index (χ3v) is 8.99. The van der Waals surface area contributed by atoms with Gasteiger partial charge in [0.25, 0.3) is 0 Å². The van der Waals surface area contributed by atoms with Crippen LogP contribution >= 0.6 is 0 Å². The Bertz CT molecular complexity index is 848. The standard InChI is InChI=1S/C39H71NO8/c1-3-5-7-9-11-13-15-16-17-18-19-21-23-25-27-29-35(43)40-32(31-47-39-38(46)37(45)36(44)34(30-41)48-39)33(42)28-26-24-22-20-14-12-10-8-6-4-2/h11,13,15-16,26,28,32-34,36-39,41-42,44-46H,3-10,12,14,17-25,27,29-31H2,1-2H3,(H,40,43)/b13-11-,16-15-,28-26+. The molecule has 0 radical (unpaired) electrons. The molecule has 9 heteroatoms. The molecule has 0 aromatic heterocycles. The number of hydrogen-bond donors (Lipinski definition) is 6. The Morgan fingerprint density at radius 2 is 1.21 bits per heavy atom. The van der Waals surface area contributed by atoms with Crippen LogP contribution in [-0.4, -0.2) is 87.5 Å². The van der Waals surface area contributed by atoms with Crippen molar-refractivity contribution in [3.8, 4) is 0 Å². The molecule has 1 aliphatic rings. The highest BCUT2D eigenvalue weighted by atomic mass is 16.7. The van der Waals surface area contributed by atoms with Crippen molar-refractivity contribution in [2.24, 2.45) is 0 Å². The van der Waals surface area contributed by atoms with Crippen molar-refractivity contribution in [1.29, 1.82) is 0 Å². The van der Waals surface area contributed by atoms with Crippen molar-refractivity contribution in [2.75, 3.05) is 13.2 Å². The lowest BCUT2D eigenvalue weighted by atomic mass is 9.99. The van der Waals surface area contributed by atoms with Gasteiger partial charge < -0.3 is 40.3 Å². The summed E-state index contributed by atoms with van der Waals surface area (Å²) in [6.45, 7) is 3.68. The number of carbonyl (C=O) groups is 1. The van der Waals surface area contributed by atoms with E-state index in [1.807, 2.05) is 6.08 Å². The van der Waals surface area contributed by atoms with E-state index < -0.39 is 49.5 Å². The number of hydrogen-bond acceptors (Lipinski definition) is 8. The van der Waals surface area contributed by atoms with Gasteiger partial charge in [0.15, 0.2) is 6.29 Å². The fourth-order valence-corrected chi connectivity index (χ4v) is 5.79. The van der Waals surface area contributed by atoms with Gasteiger partial charge in [0.1, 0.15) is 24.4 Å². The van der Waals surface area contributed by atoms with Gasteiger partial charge in [-0.25, -0.2) is 0 Å². The fourth-order valence-electron chi connectivity index (χ4n) is 5.79. The molecule has 1 aliphatic heterocycles. The van der Waals surface area contributed by atoms with E-state index in [4.69, 9.17) is 9.47 Å². The average Bonchev–Trinajstić information content (AvgIpc) is 3.08. The van der Waals surface area contributed by atoms with Gasteiger partial charge >= 0.3 is 0 Å². The molecule has 1 amide bonds. The van der Waals surface area contributed by atoms with E-state index in [9.17, 15) is 30.3 Å². The highest BCUT2D eigenvalue weighted by Crippen LogP contribution is 2.22. The monoisotopic (exact) mass is 682 g/mol. The van der Waals surface area contributed by atoms with Gasteiger partial charge in [0.2, 0.25) is 5.91 Å². The maximum Gasteiger partial charge on any atom is 0.220 e. The first-order valence-electron chi connectivity index (χ1n) is 19.2. The summed E-state index contributed by atoms with van der Waals surface area (Å²) in [5, 5.41) is 53.8. The van der Waals surface area contributed by atoms with Crippen LogP contribution in [0.25, 0.3) is 0 Å². The van der Waals surface area contributed by atoms with E-state index in [1.54, 1.807) is 6.08 Å². The SMILES string of the molecule is CCCCC/C=C\C=C/CCCCCCCCC(=O)NC(COC1OC(CO)C(O)C(O)C1O)C(O)/C=C/CCCCCCCCCC. The highest BCUT2D eigenvalue weighted by Gasteiger charge is 2.44. The third-order valence-electron chi connectivity index (χ3n) is 8.99. The Hall–Kier alpha value is -1.59. The molecule has 280 valence electrons. The molecule has 9 nitrogen and oxygen atoms in total. The van der Waals surface area contributed by atoms with Crippen LogP contribution in [0.4, 0.5) is 0 Å². The molecule has 0 aromatic rings. The van der Waals surface area contributed by atoms with Gasteiger partial charge in [-0.1, -0.05) is 134 Å². The zero-order valence-corrected chi connectivity index (χ0v) is 30.2. The normalized spacial score (nSPS) is 23.0. The molecule has 1 fully saturated rings. The first-order valence-corrected chi connectivity index (χ1v) is 19.2. The zero-order chi connectivity index (χ0) is 35.2. The van der Waals surface area contributed by atoms with E-state index in [0.717, 1.165) is 57.8 Å². The Balaban J connectivity index is 2.46. The molecular weight excluding hydrogens is 610 g/mol. The predicted octanol–water partition coefficient (Wildman–Crippen LogP) is 6.55. The Morgan fingerprint density at radius 3 is 1.79 bits per heavy atom. The fraction of sp³-hybridized carbons (Fsp3) is 0.821. The van der Waals surface area contributed by atoms with Crippen LogP contribution in [0.15, 0.2) is 36.5 Å². The molecular formula is C39H71NO8. The summed E-state index contributed by atoms with van der Waals surface area (Å²) in [5.74, 6) is -0.194. The summed E-state index contributed by atoms with van der Waals surface area (Å²) in [5.41, 5.74) is 0. The minimum absolute atomic E-state index is 0.194. The van der Waals surface area contributed by atoms with Crippen LogP contribution in [0.2, 0.25) is 0 Å². The molecule has 0 spiro atoms. The van der Waals surface area contributed by atoms with Crippen molar-refractivity contribution in [1.82, 2.24) is 5.32 Å². The number of aliphatic hydroxyl groups excluding tert-OH is 5. The number of nitrogens with one attached hydrogen (secondary N) is 1. The minimum atomic E-state index is -1.57. The second-order valence-electron chi connectivity index (χ2n) is 13.4.